The molecule has 0 aliphatic heterocycles. The Labute approximate surface area is 139 Å². The molecular formula is C19H15N5. The summed E-state index contributed by atoms with van der Waals surface area (Å²) in [6.45, 7) is 2.04. The Morgan fingerprint density at radius 3 is 2.29 bits per heavy atom. The van der Waals surface area contributed by atoms with Crippen LogP contribution in [0.15, 0.2) is 54.6 Å². The number of rotatable bonds is 2. The van der Waals surface area contributed by atoms with Crippen molar-refractivity contribution in [2.24, 2.45) is 0 Å². The van der Waals surface area contributed by atoms with Crippen molar-refractivity contribution in [3.63, 3.8) is 0 Å². The van der Waals surface area contributed by atoms with Gasteiger partial charge in [0.05, 0.1) is 17.1 Å². The zero-order chi connectivity index (χ0) is 16.7. The number of fused-ring (bicyclic) bond motifs is 2. The molecule has 0 bridgehead atoms. The van der Waals surface area contributed by atoms with Crippen molar-refractivity contribution in [2.45, 2.75) is 13.0 Å². The second-order valence-corrected chi connectivity index (χ2v) is 5.71. The number of nitrogens with zero attached hydrogens (tertiary/aromatic N) is 4. The maximum absolute atomic E-state index is 9.54. The van der Waals surface area contributed by atoms with Gasteiger partial charge in [-0.25, -0.2) is 9.97 Å². The number of benzene rings is 2. The molecule has 5 heteroatoms. The van der Waals surface area contributed by atoms with Crippen LogP contribution in [0.1, 0.15) is 24.1 Å². The Morgan fingerprint density at radius 1 is 1.00 bits per heavy atom. The molecule has 0 saturated carbocycles. The van der Waals surface area contributed by atoms with Gasteiger partial charge < -0.3 is 10.3 Å². The van der Waals surface area contributed by atoms with Gasteiger partial charge in [-0.05, 0) is 24.6 Å². The lowest BCUT2D eigenvalue weighted by molar-refractivity contribution is 0.667. The molecule has 0 aliphatic rings. The van der Waals surface area contributed by atoms with Crippen LogP contribution in [-0.2, 0) is 0 Å². The molecule has 0 saturated heterocycles. The fourth-order valence-electron chi connectivity index (χ4n) is 3.07. The number of nitriles is 1. The lowest BCUT2D eigenvalue weighted by atomic mass is 10.1. The summed E-state index contributed by atoms with van der Waals surface area (Å²) >= 11 is 0. The molecule has 4 aromatic rings. The topological polar surface area (TPSA) is 80.5 Å². The van der Waals surface area contributed by atoms with Crippen molar-refractivity contribution in [1.82, 2.24) is 14.5 Å². The molecular weight excluding hydrogens is 298 g/mol. The van der Waals surface area contributed by atoms with E-state index in [1.807, 2.05) is 66.1 Å². The molecule has 0 radical (unpaired) electrons. The first kappa shape index (κ1) is 14.2. The Hall–Kier alpha value is -3.39. The number of hydrogen-bond acceptors (Lipinski definition) is 4. The van der Waals surface area contributed by atoms with Gasteiger partial charge in [-0.3, -0.25) is 0 Å². The Bertz CT molecular complexity index is 1090. The van der Waals surface area contributed by atoms with Gasteiger partial charge in [-0.1, -0.05) is 42.5 Å². The molecule has 2 aromatic carbocycles. The van der Waals surface area contributed by atoms with E-state index in [-0.39, 0.29) is 6.04 Å². The molecule has 2 aromatic heterocycles. The number of para-hydroxylation sites is 2. The predicted molar refractivity (Wildman–Crippen MR) is 94.4 cm³/mol. The van der Waals surface area contributed by atoms with Gasteiger partial charge in [0, 0.05) is 0 Å². The van der Waals surface area contributed by atoms with E-state index < -0.39 is 0 Å². The van der Waals surface area contributed by atoms with Crippen LogP contribution < -0.4 is 5.73 Å². The highest BCUT2D eigenvalue weighted by atomic mass is 15.1. The highest BCUT2D eigenvalue weighted by Crippen LogP contribution is 2.32. The highest BCUT2D eigenvalue weighted by molar-refractivity contribution is 5.92. The summed E-state index contributed by atoms with van der Waals surface area (Å²) in [7, 11) is 0. The summed E-state index contributed by atoms with van der Waals surface area (Å²) in [5.41, 5.74) is 10.5. The van der Waals surface area contributed by atoms with Crippen LogP contribution in [0.5, 0.6) is 0 Å². The standard InChI is InChI=1S/C19H15N5/c1-12(13-7-3-2-4-8-13)24-18(21)14(11-20)17-19(24)23-16-10-6-5-9-15(16)22-17/h2-10,12H,21H2,1H3. The van der Waals surface area contributed by atoms with Crippen molar-refractivity contribution in [1.29, 1.82) is 5.26 Å². The number of anilines is 1. The Balaban J connectivity index is 2.06. The molecule has 0 aliphatic carbocycles. The van der Waals surface area contributed by atoms with Crippen LogP contribution in [0.4, 0.5) is 5.82 Å². The first-order chi connectivity index (χ1) is 11.7. The monoisotopic (exact) mass is 313 g/mol. The molecule has 5 nitrogen and oxygen atoms in total. The first-order valence-electron chi connectivity index (χ1n) is 7.72. The van der Waals surface area contributed by atoms with E-state index in [1.165, 1.54) is 0 Å². The summed E-state index contributed by atoms with van der Waals surface area (Å²) in [6, 6.07) is 19.8. The van der Waals surface area contributed by atoms with E-state index in [0.717, 1.165) is 16.6 Å². The zero-order valence-corrected chi connectivity index (χ0v) is 13.1. The summed E-state index contributed by atoms with van der Waals surface area (Å²) in [4.78, 5) is 9.34. The molecule has 1 unspecified atom stereocenters. The Kier molecular flexibility index (Phi) is 3.17. The molecule has 0 fully saturated rings. The van der Waals surface area contributed by atoms with E-state index in [2.05, 4.69) is 11.1 Å². The third-order valence-electron chi connectivity index (χ3n) is 4.31. The smallest absolute Gasteiger partial charge is 0.162 e. The van der Waals surface area contributed by atoms with E-state index in [4.69, 9.17) is 10.7 Å². The third-order valence-corrected chi connectivity index (χ3v) is 4.31. The molecule has 24 heavy (non-hydrogen) atoms. The summed E-state index contributed by atoms with van der Waals surface area (Å²) in [6.07, 6.45) is 0. The van der Waals surface area contributed by atoms with E-state index in [0.29, 0.717) is 22.5 Å². The van der Waals surface area contributed by atoms with Crippen LogP contribution in [0.3, 0.4) is 0 Å². The third kappa shape index (κ3) is 2.01. The Morgan fingerprint density at radius 2 is 1.62 bits per heavy atom. The maximum Gasteiger partial charge on any atom is 0.162 e. The molecule has 0 spiro atoms. The average Bonchev–Trinajstić information content (AvgIpc) is 2.90. The van der Waals surface area contributed by atoms with Crippen molar-refractivity contribution < 1.29 is 0 Å². The number of aromatic nitrogens is 3. The van der Waals surface area contributed by atoms with E-state index in [9.17, 15) is 5.26 Å². The molecule has 1 atom stereocenters. The van der Waals surface area contributed by atoms with Crippen LogP contribution in [-0.4, -0.2) is 14.5 Å². The summed E-state index contributed by atoms with van der Waals surface area (Å²) in [5, 5.41) is 9.54. The lowest BCUT2D eigenvalue weighted by Gasteiger charge is -2.17. The van der Waals surface area contributed by atoms with Crippen molar-refractivity contribution in [3.8, 4) is 6.07 Å². The van der Waals surface area contributed by atoms with E-state index in [1.54, 1.807) is 0 Å². The van der Waals surface area contributed by atoms with Gasteiger partial charge in [0.1, 0.15) is 23.0 Å². The first-order valence-corrected chi connectivity index (χ1v) is 7.72. The second-order valence-electron chi connectivity index (χ2n) is 5.71. The average molecular weight is 313 g/mol. The lowest BCUT2D eigenvalue weighted by Crippen LogP contribution is -2.10. The van der Waals surface area contributed by atoms with Gasteiger partial charge >= 0.3 is 0 Å². The van der Waals surface area contributed by atoms with Gasteiger partial charge in [-0.2, -0.15) is 5.26 Å². The predicted octanol–water partition coefficient (Wildman–Crippen LogP) is 3.65. The maximum atomic E-state index is 9.54. The van der Waals surface area contributed by atoms with Crippen LogP contribution >= 0.6 is 0 Å². The summed E-state index contributed by atoms with van der Waals surface area (Å²) < 4.78 is 1.89. The minimum Gasteiger partial charge on any atom is -0.384 e. The fourth-order valence-corrected chi connectivity index (χ4v) is 3.07. The largest absolute Gasteiger partial charge is 0.384 e. The van der Waals surface area contributed by atoms with Crippen molar-refractivity contribution in [3.05, 3.63) is 65.7 Å². The number of nitrogens with two attached hydrogens (primary N) is 1. The molecule has 4 rings (SSSR count). The zero-order valence-electron chi connectivity index (χ0n) is 13.1. The van der Waals surface area contributed by atoms with Gasteiger partial charge in [0.15, 0.2) is 5.65 Å². The highest BCUT2D eigenvalue weighted by Gasteiger charge is 2.22. The SMILES string of the molecule is CC(c1ccccc1)n1c(N)c(C#N)c2nc3ccccc3nc21. The van der Waals surface area contributed by atoms with Gasteiger partial charge in [0.25, 0.3) is 0 Å². The van der Waals surface area contributed by atoms with Gasteiger partial charge in [0.2, 0.25) is 0 Å². The number of nitrogen functional groups attached to an aromatic ring is 1. The van der Waals surface area contributed by atoms with Crippen LogP contribution in [0.2, 0.25) is 0 Å². The minimum absolute atomic E-state index is 0.0498. The van der Waals surface area contributed by atoms with Crippen molar-refractivity contribution >= 4 is 28.0 Å². The van der Waals surface area contributed by atoms with Crippen LogP contribution in [0, 0.1) is 11.3 Å². The minimum atomic E-state index is -0.0498. The van der Waals surface area contributed by atoms with Gasteiger partial charge in [-0.15, -0.1) is 0 Å². The quantitative estimate of drug-likeness (QED) is 0.612. The molecule has 2 N–H and O–H groups in total. The van der Waals surface area contributed by atoms with E-state index >= 15 is 0 Å². The molecule has 0 amide bonds. The second kappa shape index (κ2) is 5.36. The van der Waals surface area contributed by atoms with Crippen molar-refractivity contribution in [2.75, 3.05) is 5.73 Å². The molecule has 2 heterocycles. The normalized spacial score (nSPS) is 12.3. The van der Waals surface area contributed by atoms with Crippen LogP contribution in [0.25, 0.3) is 22.2 Å². The molecule has 116 valence electrons. The fraction of sp³-hybridized carbons (Fsp3) is 0.105. The number of hydrogen-bond donors (Lipinski definition) is 1. The summed E-state index contributed by atoms with van der Waals surface area (Å²) in [5.74, 6) is 0.402.